The molecule has 3 aliphatic rings. The van der Waals surface area contributed by atoms with Gasteiger partial charge in [0.05, 0.1) is 11.3 Å². The normalized spacial score (nSPS) is 27.2. The fourth-order valence-electron chi connectivity index (χ4n) is 6.24. The Morgan fingerprint density at radius 3 is 2.66 bits per heavy atom. The van der Waals surface area contributed by atoms with Gasteiger partial charge in [-0.15, -0.1) is 0 Å². The molecular weight excluding hydrogens is 494 g/mol. The Balaban J connectivity index is 1.55. The Hall–Kier alpha value is -3.55. The minimum absolute atomic E-state index is 0.00876. The summed E-state index contributed by atoms with van der Waals surface area (Å²) in [6.45, 7) is 6.20. The Kier molecular flexibility index (Phi) is 6.61. The van der Waals surface area contributed by atoms with Gasteiger partial charge in [-0.25, -0.2) is 9.07 Å². The summed E-state index contributed by atoms with van der Waals surface area (Å²) in [6.07, 6.45) is 7.70. The van der Waals surface area contributed by atoms with Crippen LogP contribution >= 0.6 is 0 Å². The summed E-state index contributed by atoms with van der Waals surface area (Å²) < 4.78 is 55.7. The molecule has 4 atom stereocenters. The molecule has 4 unspecified atom stereocenters. The molecule has 8 heteroatoms. The topological polar surface area (TPSA) is 47.2 Å². The first-order valence-corrected chi connectivity index (χ1v) is 12.8. The maximum atomic E-state index is 14.5. The predicted octanol–water partition coefficient (Wildman–Crippen LogP) is 7.48. The molecule has 2 aromatic rings. The van der Waals surface area contributed by atoms with Gasteiger partial charge in [0.2, 0.25) is 5.43 Å². The van der Waals surface area contributed by atoms with Crippen LogP contribution in [0.3, 0.4) is 0 Å². The van der Waals surface area contributed by atoms with Crippen molar-refractivity contribution in [2.75, 3.05) is 0 Å². The van der Waals surface area contributed by atoms with Crippen molar-refractivity contribution < 1.29 is 17.6 Å². The van der Waals surface area contributed by atoms with Gasteiger partial charge < -0.3 is 0 Å². The lowest BCUT2D eigenvalue weighted by atomic mass is 9.57. The van der Waals surface area contributed by atoms with Gasteiger partial charge in [0.15, 0.2) is 0 Å². The molecule has 1 aromatic carbocycles. The molecule has 0 spiro atoms. The molecule has 0 fully saturated rings. The number of halogens is 4. The van der Waals surface area contributed by atoms with E-state index in [4.69, 9.17) is 0 Å². The van der Waals surface area contributed by atoms with Gasteiger partial charge in [0.1, 0.15) is 11.5 Å². The largest absolute Gasteiger partial charge is 0.416 e. The van der Waals surface area contributed by atoms with Gasteiger partial charge in [-0.2, -0.15) is 18.3 Å². The lowest BCUT2D eigenvalue weighted by Crippen LogP contribution is -2.42. The second-order valence-electron chi connectivity index (χ2n) is 10.5. The molecule has 2 heterocycles. The average Bonchev–Trinajstić information content (AvgIpc) is 2.88. The number of fused-ring (bicyclic) bond motifs is 1. The molecule has 1 aromatic heterocycles. The van der Waals surface area contributed by atoms with Crippen LogP contribution in [0.25, 0.3) is 11.3 Å². The summed E-state index contributed by atoms with van der Waals surface area (Å²) in [5, 5.41) is 4.51. The number of benzene rings is 1. The van der Waals surface area contributed by atoms with E-state index in [1.165, 1.54) is 40.7 Å². The van der Waals surface area contributed by atoms with E-state index in [1.807, 2.05) is 18.4 Å². The summed E-state index contributed by atoms with van der Waals surface area (Å²) in [4.78, 5) is 17.6. The highest BCUT2D eigenvalue weighted by Gasteiger charge is 2.48. The Bertz CT molecular complexity index is 1480. The summed E-state index contributed by atoms with van der Waals surface area (Å²) in [5.41, 5.74) is 1.62. The quantitative estimate of drug-likeness (QED) is 0.390. The fourth-order valence-corrected chi connectivity index (χ4v) is 6.24. The highest BCUT2D eigenvalue weighted by molar-refractivity contribution is 5.69. The third kappa shape index (κ3) is 4.50. The fraction of sp³-hybridized carbons (Fsp3) is 0.367. The highest BCUT2D eigenvalue weighted by Crippen LogP contribution is 2.55. The lowest BCUT2D eigenvalue weighted by Gasteiger charge is -2.48. The molecule has 38 heavy (non-hydrogen) atoms. The molecule has 4 nitrogen and oxygen atoms in total. The third-order valence-corrected chi connectivity index (χ3v) is 8.25. The van der Waals surface area contributed by atoms with Crippen molar-refractivity contribution >= 4 is 11.8 Å². The average molecular weight is 524 g/mol. The van der Waals surface area contributed by atoms with Gasteiger partial charge in [0.25, 0.3) is 0 Å². The molecule has 0 radical (unpaired) electrons. The summed E-state index contributed by atoms with van der Waals surface area (Å²) in [5.74, 6) is -0.246. The number of nitrogens with zero attached hydrogens (tertiary/aromatic N) is 3. The zero-order chi connectivity index (χ0) is 27.2. The van der Waals surface area contributed by atoms with E-state index in [9.17, 15) is 22.4 Å². The van der Waals surface area contributed by atoms with Crippen molar-refractivity contribution in [2.45, 2.75) is 46.2 Å². The standard InChI is InChI=1S/C30H29F4N3O/c1-4-19-8-10-23(18(2)27(19)24-12-14-35-26-11-9-21(31)17-29(24,26)3)28-25(38)13-15-37(36-28)22-7-5-6-20(16-22)30(32,33)34/h5-11,13-16,18,24,27H,4,12,17H2,1-3H3. The minimum atomic E-state index is -4.49. The molecule has 198 valence electrons. The Labute approximate surface area is 218 Å². The number of rotatable bonds is 4. The maximum absolute atomic E-state index is 14.5. The Morgan fingerprint density at radius 2 is 1.92 bits per heavy atom. The number of aromatic nitrogens is 2. The van der Waals surface area contributed by atoms with Gasteiger partial charge >= 0.3 is 6.18 Å². The SMILES string of the molecule is CCC1=CC=C(c2nn(-c3cccc(C(F)(F)F)c3)ccc2=O)C(C)C1C1CC=NC2=CC=C(F)CC21C. The summed E-state index contributed by atoms with van der Waals surface area (Å²) in [7, 11) is 0. The van der Waals surface area contributed by atoms with Crippen LogP contribution in [-0.2, 0) is 6.18 Å². The van der Waals surface area contributed by atoms with Crippen molar-refractivity contribution in [1.29, 1.82) is 0 Å². The molecule has 1 aliphatic heterocycles. The van der Waals surface area contributed by atoms with Crippen LogP contribution in [0.2, 0.25) is 0 Å². The predicted molar refractivity (Wildman–Crippen MR) is 140 cm³/mol. The van der Waals surface area contributed by atoms with E-state index in [-0.39, 0.29) is 46.8 Å². The second kappa shape index (κ2) is 9.64. The highest BCUT2D eigenvalue weighted by atomic mass is 19.4. The summed E-state index contributed by atoms with van der Waals surface area (Å²) in [6, 6.07) is 6.19. The van der Waals surface area contributed by atoms with Gasteiger partial charge in [-0.05, 0) is 66.5 Å². The van der Waals surface area contributed by atoms with Crippen LogP contribution in [0.1, 0.15) is 51.3 Å². The molecule has 0 amide bonds. The third-order valence-electron chi connectivity index (χ3n) is 8.25. The first-order valence-electron chi connectivity index (χ1n) is 12.8. The molecule has 0 saturated carbocycles. The molecular formula is C30H29F4N3O. The second-order valence-corrected chi connectivity index (χ2v) is 10.5. The lowest BCUT2D eigenvalue weighted by molar-refractivity contribution is -0.137. The van der Waals surface area contributed by atoms with Crippen molar-refractivity contribution in [1.82, 2.24) is 9.78 Å². The van der Waals surface area contributed by atoms with Crippen LogP contribution < -0.4 is 5.43 Å². The summed E-state index contributed by atoms with van der Waals surface area (Å²) >= 11 is 0. The smallest absolute Gasteiger partial charge is 0.287 e. The van der Waals surface area contributed by atoms with Crippen molar-refractivity contribution in [3.63, 3.8) is 0 Å². The van der Waals surface area contributed by atoms with Crippen molar-refractivity contribution in [3.8, 4) is 5.69 Å². The number of alkyl halides is 3. The van der Waals surface area contributed by atoms with Crippen LogP contribution in [-0.4, -0.2) is 16.0 Å². The van der Waals surface area contributed by atoms with Crippen LogP contribution in [0.5, 0.6) is 0 Å². The van der Waals surface area contributed by atoms with E-state index in [0.717, 1.165) is 29.8 Å². The van der Waals surface area contributed by atoms with E-state index in [2.05, 4.69) is 30.9 Å². The molecule has 2 aliphatic carbocycles. The number of allylic oxidation sites excluding steroid dienone is 8. The molecule has 5 rings (SSSR count). The molecule has 0 N–H and O–H groups in total. The van der Waals surface area contributed by atoms with Crippen molar-refractivity contribution in [2.24, 2.45) is 28.2 Å². The number of aliphatic imine (C=N–C) groups is 1. The van der Waals surface area contributed by atoms with Gasteiger partial charge in [-0.1, -0.05) is 44.6 Å². The minimum Gasteiger partial charge on any atom is -0.287 e. The number of hydrogen-bond donors (Lipinski definition) is 0. The van der Waals surface area contributed by atoms with Crippen LogP contribution in [0.4, 0.5) is 17.6 Å². The zero-order valence-electron chi connectivity index (χ0n) is 21.5. The van der Waals surface area contributed by atoms with E-state index >= 15 is 0 Å². The van der Waals surface area contributed by atoms with Crippen LogP contribution in [0.15, 0.2) is 87.7 Å². The van der Waals surface area contributed by atoms with E-state index in [0.29, 0.717) is 6.42 Å². The van der Waals surface area contributed by atoms with Crippen LogP contribution in [0, 0.1) is 23.2 Å². The van der Waals surface area contributed by atoms with Crippen molar-refractivity contribution in [3.05, 3.63) is 99.4 Å². The Morgan fingerprint density at radius 1 is 1.13 bits per heavy atom. The molecule has 0 bridgehead atoms. The molecule has 0 saturated heterocycles. The maximum Gasteiger partial charge on any atom is 0.416 e. The van der Waals surface area contributed by atoms with Gasteiger partial charge in [0, 0.05) is 36.0 Å². The van der Waals surface area contributed by atoms with E-state index in [1.54, 1.807) is 6.08 Å². The monoisotopic (exact) mass is 523 g/mol. The van der Waals surface area contributed by atoms with Gasteiger partial charge in [-0.3, -0.25) is 9.79 Å². The first kappa shape index (κ1) is 26.1. The first-order chi connectivity index (χ1) is 18.0. The van der Waals surface area contributed by atoms with E-state index < -0.39 is 17.2 Å². The zero-order valence-corrected chi connectivity index (χ0v) is 21.5. The number of hydrogen-bond acceptors (Lipinski definition) is 3.